The van der Waals surface area contributed by atoms with Crippen molar-refractivity contribution < 1.29 is 0 Å². The van der Waals surface area contributed by atoms with Crippen LogP contribution in [0.5, 0.6) is 0 Å². The number of anilines is 1. The van der Waals surface area contributed by atoms with Crippen molar-refractivity contribution in [3.8, 4) is 11.4 Å². The molecule has 1 unspecified atom stereocenters. The van der Waals surface area contributed by atoms with E-state index in [0.29, 0.717) is 17.0 Å². The van der Waals surface area contributed by atoms with Gasteiger partial charge in [0.2, 0.25) is 0 Å². The maximum Gasteiger partial charge on any atom is 0.163 e. The molecule has 0 aliphatic heterocycles. The predicted octanol–water partition coefficient (Wildman–Crippen LogP) is 4.79. The number of halogens is 1. The predicted molar refractivity (Wildman–Crippen MR) is 87.5 cm³/mol. The molecule has 0 spiro atoms. The van der Waals surface area contributed by atoms with Crippen LogP contribution < -0.4 is 5.32 Å². The molecular formula is C17H20ClN3. The Hall–Kier alpha value is -1.61. The zero-order chi connectivity index (χ0) is 14.7. The van der Waals surface area contributed by atoms with Crippen LogP contribution in [0.25, 0.3) is 11.4 Å². The highest BCUT2D eigenvalue weighted by Crippen LogP contribution is 2.29. The van der Waals surface area contributed by atoms with Gasteiger partial charge in [0.05, 0.1) is 0 Å². The molecule has 1 aromatic heterocycles. The van der Waals surface area contributed by atoms with Crippen molar-refractivity contribution in [2.24, 2.45) is 5.92 Å². The van der Waals surface area contributed by atoms with Crippen molar-refractivity contribution in [3.05, 3.63) is 41.6 Å². The molecular weight excluding hydrogens is 282 g/mol. The van der Waals surface area contributed by atoms with Crippen molar-refractivity contribution in [1.82, 2.24) is 9.97 Å². The molecule has 21 heavy (non-hydrogen) atoms. The van der Waals surface area contributed by atoms with Crippen LogP contribution >= 0.6 is 11.6 Å². The number of benzene rings is 1. The average Bonchev–Trinajstić information content (AvgIpc) is 3.02. The lowest BCUT2D eigenvalue weighted by Crippen LogP contribution is -2.24. The fourth-order valence-corrected chi connectivity index (χ4v) is 3.20. The fourth-order valence-electron chi connectivity index (χ4n) is 3.02. The Bertz CT molecular complexity index is 594. The molecule has 1 N–H and O–H groups in total. The molecule has 4 heteroatoms. The van der Waals surface area contributed by atoms with E-state index >= 15 is 0 Å². The Morgan fingerprint density at radius 1 is 1.14 bits per heavy atom. The van der Waals surface area contributed by atoms with Crippen molar-refractivity contribution in [3.63, 3.8) is 0 Å². The molecule has 0 radical (unpaired) electrons. The van der Waals surface area contributed by atoms with Gasteiger partial charge in [0.15, 0.2) is 5.82 Å². The van der Waals surface area contributed by atoms with Crippen LogP contribution in [0.3, 0.4) is 0 Å². The quantitative estimate of drug-likeness (QED) is 0.825. The molecule has 0 amide bonds. The second kappa shape index (κ2) is 6.44. The maximum absolute atomic E-state index is 6.15. The fraction of sp³-hybridized carbons (Fsp3) is 0.412. The number of hydrogen-bond acceptors (Lipinski definition) is 3. The molecule has 0 saturated heterocycles. The lowest BCUT2D eigenvalue weighted by Gasteiger charge is -2.21. The summed E-state index contributed by atoms with van der Waals surface area (Å²) in [4.78, 5) is 8.93. The first-order valence-corrected chi connectivity index (χ1v) is 7.97. The molecule has 110 valence electrons. The first-order chi connectivity index (χ1) is 10.2. The van der Waals surface area contributed by atoms with Gasteiger partial charge in [-0.2, -0.15) is 0 Å². The second-order valence-corrected chi connectivity index (χ2v) is 6.13. The summed E-state index contributed by atoms with van der Waals surface area (Å²) in [5, 5.41) is 3.98. The van der Waals surface area contributed by atoms with Crippen molar-refractivity contribution in [1.29, 1.82) is 0 Å². The van der Waals surface area contributed by atoms with E-state index in [1.54, 1.807) is 6.07 Å². The maximum atomic E-state index is 6.15. The summed E-state index contributed by atoms with van der Waals surface area (Å²) in [6.45, 7) is 2.23. The van der Waals surface area contributed by atoms with E-state index in [-0.39, 0.29) is 0 Å². The summed E-state index contributed by atoms with van der Waals surface area (Å²) in [5.74, 6) is 2.22. The minimum Gasteiger partial charge on any atom is -0.367 e. The summed E-state index contributed by atoms with van der Waals surface area (Å²) in [6, 6.07) is 12.2. The van der Waals surface area contributed by atoms with Gasteiger partial charge in [0, 0.05) is 17.7 Å². The van der Waals surface area contributed by atoms with Gasteiger partial charge >= 0.3 is 0 Å². The minimum absolute atomic E-state index is 0.419. The van der Waals surface area contributed by atoms with Gasteiger partial charge < -0.3 is 5.32 Å². The Morgan fingerprint density at radius 3 is 2.57 bits per heavy atom. The third-order valence-electron chi connectivity index (χ3n) is 4.21. The monoisotopic (exact) mass is 301 g/mol. The minimum atomic E-state index is 0.419. The van der Waals surface area contributed by atoms with E-state index < -0.39 is 0 Å². The van der Waals surface area contributed by atoms with Crippen molar-refractivity contribution in [2.75, 3.05) is 5.32 Å². The molecule has 1 aliphatic carbocycles. The van der Waals surface area contributed by atoms with Crippen LogP contribution in [0.2, 0.25) is 5.15 Å². The molecule has 1 aromatic carbocycles. The number of rotatable bonds is 4. The Balaban J connectivity index is 1.81. The molecule has 3 nitrogen and oxygen atoms in total. The highest BCUT2D eigenvalue weighted by Gasteiger charge is 2.21. The largest absolute Gasteiger partial charge is 0.367 e. The van der Waals surface area contributed by atoms with Crippen LogP contribution in [-0.4, -0.2) is 16.0 Å². The van der Waals surface area contributed by atoms with Crippen molar-refractivity contribution in [2.45, 2.75) is 38.6 Å². The van der Waals surface area contributed by atoms with Gasteiger partial charge in [-0.1, -0.05) is 54.8 Å². The van der Waals surface area contributed by atoms with E-state index in [1.165, 1.54) is 25.7 Å². The summed E-state index contributed by atoms with van der Waals surface area (Å²) >= 11 is 6.15. The van der Waals surface area contributed by atoms with E-state index in [9.17, 15) is 0 Å². The third kappa shape index (κ3) is 3.53. The second-order valence-electron chi connectivity index (χ2n) is 5.74. The molecule has 1 fully saturated rings. The number of nitrogens with zero attached hydrogens (tertiary/aromatic N) is 2. The normalized spacial score (nSPS) is 16.9. The molecule has 3 rings (SSSR count). The van der Waals surface area contributed by atoms with E-state index in [2.05, 4.69) is 22.2 Å². The first-order valence-electron chi connectivity index (χ1n) is 7.59. The Kier molecular flexibility index (Phi) is 4.39. The Morgan fingerprint density at radius 2 is 1.86 bits per heavy atom. The molecule has 2 aromatic rings. The SMILES string of the molecule is CC(Nc1cc(Cl)nc(-c2ccccc2)n1)C1CCCC1. The Labute approximate surface area is 130 Å². The summed E-state index contributed by atoms with van der Waals surface area (Å²) in [6.07, 6.45) is 5.30. The lowest BCUT2D eigenvalue weighted by molar-refractivity contribution is 0.481. The molecule has 0 bridgehead atoms. The summed E-state index contributed by atoms with van der Waals surface area (Å²) < 4.78 is 0. The van der Waals surface area contributed by atoms with Crippen molar-refractivity contribution >= 4 is 17.4 Å². The van der Waals surface area contributed by atoms with Crippen LogP contribution in [0, 0.1) is 5.92 Å². The molecule has 1 heterocycles. The van der Waals surface area contributed by atoms with E-state index in [1.807, 2.05) is 30.3 Å². The van der Waals surface area contributed by atoms with Gasteiger partial charge in [-0.05, 0) is 25.7 Å². The zero-order valence-corrected chi connectivity index (χ0v) is 13.0. The van der Waals surface area contributed by atoms with Gasteiger partial charge in [0.25, 0.3) is 0 Å². The van der Waals surface area contributed by atoms with Gasteiger partial charge in [-0.15, -0.1) is 0 Å². The van der Waals surface area contributed by atoms with E-state index in [0.717, 1.165) is 17.3 Å². The standard InChI is InChI=1S/C17H20ClN3/c1-12(13-7-5-6-8-13)19-16-11-15(18)20-17(21-16)14-9-3-2-4-10-14/h2-4,9-13H,5-8H2,1H3,(H,19,20,21). The average molecular weight is 302 g/mol. The topological polar surface area (TPSA) is 37.8 Å². The smallest absolute Gasteiger partial charge is 0.163 e. The highest BCUT2D eigenvalue weighted by atomic mass is 35.5. The summed E-state index contributed by atoms with van der Waals surface area (Å²) in [7, 11) is 0. The molecule has 1 aliphatic rings. The van der Waals surface area contributed by atoms with Gasteiger partial charge in [-0.25, -0.2) is 9.97 Å². The summed E-state index contributed by atoms with van der Waals surface area (Å²) in [5.41, 5.74) is 0.983. The van der Waals surface area contributed by atoms with Crippen LogP contribution in [-0.2, 0) is 0 Å². The van der Waals surface area contributed by atoms with Crippen LogP contribution in [0.4, 0.5) is 5.82 Å². The van der Waals surface area contributed by atoms with Crippen LogP contribution in [0.15, 0.2) is 36.4 Å². The van der Waals surface area contributed by atoms with E-state index in [4.69, 9.17) is 11.6 Å². The number of aromatic nitrogens is 2. The van der Waals surface area contributed by atoms with Gasteiger partial charge in [-0.3, -0.25) is 0 Å². The first kappa shape index (κ1) is 14.3. The molecule has 1 atom stereocenters. The van der Waals surface area contributed by atoms with Crippen LogP contribution in [0.1, 0.15) is 32.6 Å². The third-order valence-corrected chi connectivity index (χ3v) is 4.40. The lowest BCUT2D eigenvalue weighted by atomic mass is 10.00. The highest BCUT2D eigenvalue weighted by molar-refractivity contribution is 6.29. The van der Waals surface area contributed by atoms with Gasteiger partial charge in [0.1, 0.15) is 11.0 Å². The molecule has 1 saturated carbocycles. The number of hydrogen-bond donors (Lipinski definition) is 1. The number of nitrogens with one attached hydrogen (secondary N) is 1. The zero-order valence-electron chi connectivity index (χ0n) is 12.2.